The third-order valence-electron chi connectivity index (χ3n) is 4.48. The van der Waals surface area contributed by atoms with Gasteiger partial charge in [0.2, 0.25) is 0 Å². The van der Waals surface area contributed by atoms with Crippen molar-refractivity contribution in [1.29, 1.82) is 0 Å². The maximum Gasteiger partial charge on any atom is 0.200 e. The van der Waals surface area contributed by atoms with Crippen LogP contribution in [0.3, 0.4) is 0 Å². The Hall–Kier alpha value is 0.0569. The van der Waals surface area contributed by atoms with Crippen molar-refractivity contribution >= 4 is 8.32 Å². The van der Waals surface area contributed by atoms with Crippen LogP contribution in [0.15, 0.2) is 0 Å². The van der Waals surface area contributed by atoms with E-state index < -0.39 is 20.7 Å². The van der Waals surface area contributed by atoms with E-state index in [1.54, 1.807) is 14.2 Å². The zero-order chi connectivity index (χ0) is 16.6. The SMILES string of the molecule is COC(OC)[C@@H](O)CCCO[Si](C(C)C)(C(C)C)C(C)C. The lowest BCUT2D eigenvalue weighted by molar-refractivity contribution is -0.166. The number of ether oxygens (including phenoxy) is 2. The normalized spacial score (nSPS) is 14.7. The summed E-state index contributed by atoms with van der Waals surface area (Å²) in [4.78, 5) is 0. The molecule has 0 unspecified atom stereocenters. The van der Waals surface area contributed by atoms with E-state index >= 15 is 0 Å². The first-order valence-electron chi connectivity index (χ1n) is 8.11. The van der Waals surface area contributed by atoms with Gasteiger partial charge in [-0.3, -0.25) is 0 Å². The number of hydrogen-bond donors (Lipinski definition) is 1. The molecule has 0 saturated carbocycles. The molecule has 0 radical (unpaired) electrons. The van der Waals surface area contributed by atoms with Crippen molar-refractivity contribution in [2.24, 2.45) is 0 Å². The van der Waals surface area contributed by atoms with E-state index in [-0.39, 0.29) is 0 Å². The molecule has 128 valence electrons. The molecule has 0 rings (SSSR count). The smallest absolute Gasteiger partial charge is 0.200 e. The number of rotatable bonds is 11. The summed E-state index contributed by atoms with van der Waals surface area (Å²) in [7, 11) is 1.30. The van der Waals surface area contributed by atoms with E-state index in [1.165, 1.54) is 0 Å². The first-order chi connectivity index (χ1) is 9.73. The Morgan fingerprint density at radius 2 is 1.29 bits per heavy atom. The average Bonchev–Trinajstić information content (AvgIpc) is 2.38. The number of methoxy groups -OCH3 is 2. The van der Waals surface area contributed by atoms with Gasteiger partial charge in [-0.25, -0.2) is 0 Å². The Kier molecular flexibility index (Phi) is 9.98. The molecule has 0 aliphatic heterocycles. The quantitative estimate of drug-likeness (QED) is 0.356. The molecular weight excluding hydrogens is 284 g/mol. The predicted octanol–water partition coefficient (Wildman–Crippen LogP) is 3.94. The van der Waals surface area contributed by atoms with E-state index in [0.717, 1.165) is 6.42 Å². The van der Waals surface area contributed by atoms with Crippen LogP contribution in [0.4, 0.5) is 0 Å². The second-order valence-corrected chi connectivity index (χ2v) is 12.2. The lowest BCUT2D eigenvalue weighted by atomic mass is 10.2. The Morgan fingerprint density at radius 1 is 0.857 bits per heavy atom. The van der Waals surface area contributed by atoms with Gasteiger partial charge in [-0.05, 0) is 29.5 Å². The highest BCUT2D eigenvalue weighted by Crippen LogP contribution is 2.42. The second-order valence-electron chi connectivity index (χ2n) is 6.72. The maximum absolute atomic E-state index is 9.97. The van der Waals surface area contributed by atoms with Crippen LogP contribution in [-0.2, 0) is 13.9 Å². The number of aliphatic hydroxyl groups excluding tert-OH is 1. The summed E-state index contributed by atoms with van der Waals surface area (Å²) in [6, 6.07) is 0. The van der Waals surface area contributed by atoms with Gasteiger partial charge < -0.3 is 19.0 Å². The van der Waals surface area contributed by atoms with Crippen LogP contribution in [-0.4, -0.2) is 46.6 Å². The van der Waals surface area contributed by atoms with Crippen LogP contribution in [0.5, 0.6) is 0 Å². The van der Waals surface area contributed by atoms with Crippen LogP contribution in [0.25, 0.3) is 0 Å². The monoisotopic (exact) mass is 320 g/mol. The highest BCUT2D eigenvalue weighted by molar-refractivity contribution is 6.77. The first-order valence-corrected chi connectivity index (χ1v) is 10.3. The van der Waals surface area contributed by atoms with Gasteiger partial charge in [-0.15, -0.1) is 0 Å². The molecule has 0 bridgehead atoms. The van der Waals surface area contributed by atoms with E-state index in [1.807, 2.05) is 0 Å². The van der Waals surface area contributed by atoms with Crippen molar-refractivity contribution in [2.45, 2.75) is 83.4 Å². The summed E-state index contributed by atoms with van der Waals surface area (Å²) in [5.41, 5.74) is 1.77. The predicted molar refractivity (Wildman–Crippen MR) is 90.0 cm³/mol. The van der Waals surface area contributed by atoms with Gasteiger partial charge in [0.05, 0.1) is 0 Å². The largest absolute Gasteiger partial charge is 0.416 e. The van der Waals surface area contributed by atoms with Gasteiger partial charge in [-0.2, -0.15) is 0 Å². The Bertz CT molecular complexity index is 243. The molecule has 0 amide bonds. The second kappa shape index (κ2) is 9.95. The maximum atomic E-state index is 9.97. The molecule has 1 atom stereocenters. The summed E-state index contributed by atoms with van der Waals surface area (Å²) >= 11 is 0. The molecule has 0 aromatic heterocycles. The molecule has 5 heteroatoms. The zero-order valence-electron chi connectivity index (χ0n) is 15.2. The van der Waals surface area contributed by atoms with E-state index in [2.05, 4.69) is 41.5 Å². The van der Waals surface area contributed by atoms with Crippen LogP contribution >= 0.6 is 0 Å². The number of aliphatic hydroxyl groups is 1. The molecule has 0 aromatic carbocycles. The topological polar surface area (TPSA) is 47.9 Å². The molecule has 0 aliphatic carbocycles. The van der Waals surface area contributed by atoms with Crippen LogP contribution in [0.2, 0.25) is 16.6 Å². The van der Waals surface area contributed by atoms with E-state index in [9.17, 15) is 5.11 Å². The Balaban J connectivity index is 4.46. The minimum absolute atomic E-state index is 0.549. The van der Waals surface area contributed by atoms with Gasteiger partial charge in [0.25, 0.3) is 0 Å². The fourth-order valence-corrected chi connectivity index (χ4v) is 9.09. The third kappa shape index (κ3) is 5.64. The lowest BCUT2D eigenvalue weighted by Gasteiger charge is -2.42. The molecule has 0 heterocycles. The van der Waals surface area contributed by atoms with Gasteiger partial charge in [0, 0.05) is 20.8 Å². The van der Waals surface area contributed by atoms with Crippen LogP contribution in [0, 0.1) is 0 Å². The first kappa shape index (κ1) is 21.1. The molecule has 21 heavy (non-hydrogen) atoms. The van der Waals surface area contributed by atoms with Gasteiger partial charge in [-0.1, -0.05) is 41.5 Å². The van der Waals surface area contributed by atoms with Crippen LogP contribution in [0.1, 0.15) is 54.4 Å². The molecule has 0 aliphatic rings. The van der Waals surface area contributed by atoms with Gasteiger partial charge >= 0.3 is 0 Å². The van der Waals surface area contributed by atoms with Crippen molar-refractivity contribution < 1.29 is 19.0 Å². The zero-order valence-corrected chi connectivity index (χ0v) is 16.2. The van der Waals surface area contributed by atoms with Gasteiger partial charge in [0.15, 0.2) is 14.6 Å². The van der Waals surface area contributed by atoms with Gasteiger partial charge in [0.1, 0.15) is 6.10 Å². The molecular formula is C16H36O4Si. The molecule has 0 saturated heterocycles. The fraction of sp³-hybridized carbons (Fsp3) is 1.00. The summed E-state index contributed by atoms with van der Waals surface area (Å²) in [5, 5.41) is 9.97. The van der Waals surface area contributed by atoms with E-state index in [4.69, 9.17) is 13.9 Å². The fourth-order valence-electron chi connectivity index (χ4n) is 3.59. The summed E-state index contributed by atoms with van der Waals surface area (Å²) < 4.78 is 16.6. The van der Waals surface area contributed by atoms with Crippen LogP contribution < -0.4 is 0 Å². The highest BCUT2D eigenvalue weighted by atomic mass is 28.4. The molecule has 0 fully saturated rings. The van der Waals surface area contributed by atoms with E-state index in [0.29, 0.717) is 29.7 Å². The highest BCUT2D eigenvalue weighted by Gasteiger charge is 2.44. The molecule has 0 aromatic rings. The lowest BCUT2D eigenvalue weighted by Crippen LogP contribution is -2.48. The minimum atomic E-state index is -1.79. The van der Waals surface area contributed by atoms with Crippen molar-refractivity contribution in [3.05, 3.63) is 0 Å². The van der Waals surface area contributed by atoms with Crippen molar-refractivity contribution in [3.8, 4) is 0 Å². The molecule has 4 nitrogen and oxygen atoms in total. The minimum Gasteiger partial charge on any atom is -0.416 e. The Labute approximate surface area is 132 Å². The average molecular weight is 321 g/mol. The Morgan fingerprint density at radius 3 is 1.62 bits per heavy atom. The third-order valence-corrected chi connectivity index (χ3v) is 10.6. The summed E-state index contributed by atoms with van der Waals surface area (Å²) in [5.74, 6) is 0. The van der Waals surface area contributed by atoms with Crippen molar-refractivity contribution in [1.82, 2.24) is 0 Å². The number of hydrogen-bond acceptors (Lipinski definition) is 4. The summed E-state index contributed by atoms with van der Waals surface area (Å²) in [6.45, 7) is 14.4. The van der Waals surface area contributed by atoms with Crippen molar-refractivity contribution in [3.63, 3.8) is 0 Å². The standard InChI is InChI=1S/C16H36O4Si/c1-12(2)21(13(3)4,14(5)6)20-11-9-10-15(17)16(18-7)19-8/h12-17H,9-11H2,1-8H3/t15-/m0/s1. The van der Waals surface area contributed by atoms with Crippen molar-refractivity contribution in [2.75, 3.05) is 20.8 Å². The molecule has 1 N–H and O–H groups in total. The summed E-state index contributed by atoms with van der Waals surface area (Å²) in [6.07, 6.45) is 0.306. The molecule has 0 spiro atoms.